The predicted molar refractivity (Wildman–Crippen MR) is 101 cm³/mol. The van der Waals surface area contributed by atoms with Crippen molar-refractivity contribution in [1.82, 2.24) is 9.80 Å². The quantitative estimate of drug-likeness (QED) is 0.825. The highest BCUT2D eigenvalue weighted by atomic mass is 16.5. The highest BCUT2D eigenvalue weighted by Gasteiger charge is 2.33. The minimum atomic E-state index is -0.159. The SMILES string of the molecule is COc1ccccc1N1CCN(C(=O)C(C)N2CCC(C)CC2)CC1=O. The first-order valence-corrected chi connectivity index (χ1v) is 9.47. The smallest absolute Gasteiger partial charge is 0.246 e. The lowest BCUT2D eigenvalue weighted by Crippen LogP contribution is -2.57. The van der Waals surface area contributed by atoms with Crippen molar-refractivity contribution in [3.63, 3.8) is 0 Å². The molecule has 0 N–H and O–H groups in total. The third-order valence-electron chi connectivity index (χ3n) is 5.63. The molecule has 0 saturated carbocycles. The minimum Gasteiger partial charge on any atom is -0.495 e. The summed E-state index contributed by atoms with van der Waals surface area (Å²) in [5.41, 5.74) is 0.769. The van der Waals surface area contributed by atoms with Gasteiger partial charge in [-0.25, -0.2) is 0 Å². The van der Waals surface area contributed by atoms with Crippen LogP contribution in [0, 0.1) is 5.92 Å². The molecule has 2 fully saturated rings. The molecule has 0 spiro atoms. The normalized spacial score (nSPS) is 21.0. The van der Waals surface area contributed by atoms with E-state index in [0.29, 0.717) is 18.8 Å². The molecular weight excluding hydrogens is 330 g/mol. The van der Waals surface area contributed by atoms with Crippen molar-refractivity contribution in [2.24, 2.45) is 5.92 Å². The maximum absolute atomic E-state index is 12.9. The van der Waals surface area contributed by atoms with Crippen LogP contribution in [0.1, 0.15) is 26.7 Å². The number of amides is 2. The van der Waals surface area contributed by atoms with E-state index in [1.165, 1.54) is 0 Å². The van der Waals surface area contributed by atoms with E-state index in [1.54, 1.807) is 16.9 Å². The Morgan fingerprint density at radius 1 is 1.15 bits per heavy atom. The molecule has 1 aromatic carbocycles. The summed E-state index contributed by atoms with van der Waals surface area (Å²) in [4.78, 5) is 31.2. The van der Waals surface area contributed by atoms with Gasteiger partial charge in [-0.2, -0.15) is 0 Å². The molecule has 1 aromatic rings. The molecular formula is C20H29N3O3. The highest BCUT2D eigenvalue weighted by molar-refractivity contribution is 5.99. The number of para-hydroxylation sites is 2. The lowest BCUT2D eigenvalue weighted by molar-refractivity contribution is -0.141. The zero-order chi connectivity index (χ0) is 18.7. The average molecular weight is 359 g/mol. The molecule has 2 heterocycles. The fourth-order valence-electron chi connectivity index (χ4n) is 3.81. The maximum atomic E-state index is 12.9. The van der Waals surface area contributed by atoms with Gasteiger partial charge in [0.15, 0.2) is 0 Å². The molecule has 3 rings (SSSR count). The summed E-state index contributed by atoms with van der Waals surface area (Å²) in [6, 6.07) is 7.34. The number of ether oxygens (including phenoxy) is 1. The Morgan fingerprint density at radius 3 is 2.50 bits per heavy atom. The third kappa shape index (κ3) is 3.85. The Kier molecular flexibility index (Phi) is 5.81. The number of methoxy groups -OCH3 is 1. The Bertz CT molecular complexity index is 655. The van der Waals surface area contributed by atoms with Crippen molar-refractivity contribution < 1.29 is 14.3 Å². The van der Waals surface area contributed by atoms with Gasteiger partial charge in [0, 0.05) is 13.1 Å². The van der Waals surface area contributed by atoms with Crippen LogP contribution in [0.5, 0.6) is 5.75 Å². The van der Waals surface area contributed by atoms with Gasteiger partial charge < -0.3 is 14.5 Å². The molecule has 6 nitrogen and oxygen atoms in total. The van der Waals surface area contributed by atoms with Crippen molar-refractivity contribution in [2.75, 3.05) is 44.7 Å². The van der Waals surface area contributed by atoms with E-state index in [4.69, 9.17) is 4.74 Å². The molecule has 6 heteroatoms. The Balaban J connectivity index is 1.63. The molecule has 0 aromatic heterocycles. The number of carbonyl (C=O) groups is 2. The van der Waals surface area contributed by atoms with Gasteiger partial charge in [0.1, 0.15) is 12.3 Å². The summed E-state index contributed by atoms with van der Waals surface area (Å²) in [5.74, 6) is 1.41. The molecule has 0 radical (unpaired) electrons. The standard InChI is InChI=1S/C20H29N3O3/c1-15-8-10-21(11-9-15)16(2)20(25)22-12-13-23(19(24)14-22)17-6-4-5-7-18(17)26-3/h4-7,15-16H,8-14H2,1-3H3. The van der Waals surface area contributed by atoms with Crippen molar-refractivity contribution in [3.05, 3.63) is 24.3 Å². The molecule has 1 atom stereocenters. The molecule has 0 bridgehead atoms. The first-order chi connectivity index (χ1) is 12.5. The maximum Gasteiger partial charge on any atom is 0.246 e. The van der Waals surface area contributed by atoms with Crippen LogP contribution in [0.2, 0.25) is 0 Å². The summed E-state index contributed by atoms with van der Waals surface area (Å²) in [7, 11) is 1.60. The van der Waals surface area contributed by atoms with Gasteiger partial charge in [-0.15, -0.1) is 0 Å². The number of hydrogen-bond donors (Lipinski definition) is 0. The van der Waals surface area contributed by atoms with Gasteiger partial charge >= 0.3 is 0 Å². The molecule has 2 aliphatic heterocycles. The van der Waals surface area contributed by atoms with Crippen LogP contribution in [0.25, 0.3) is 0 Å². The number of anilines is 1. The van der Waals surface area contributed by atoms with Gasteiger partial charge in [-0.3, -0.25) is 14.5 Å². The van der Waals surface area contributed by atoms with E-state index in [1.807, 2.05) is 31.2 Å². The fraction of sp³-hybridized carbons (Fsp3) is 0.600. The number of rotatable bonds is 4. The number of hydrogen-bond acceptors (Lipinski definition) is 4. The Labute approximate surface area is 155 Å². The second-order valence-electron chi connectivity index (χ2n) is 7.37. The summed E-state index contributed by atoms with van der Waals surface area (Å²) >= 11 is 0. The van der Waals surface area contributed by atoms with Crippen LogP contribution >= 0.6 is 0 Å². The van der Waals surface area contributed by atoms with E-state index in [0.717, 1.165) is 37.5 Å². The van der Waals surface area contributed by atoms with Crippen LogP contribution in [0.4, 0.5) is 5.69 Å². The largest absolute Gasteiger partial charge is 0.495 e. The highest BCUT2D eigenvalue weighted by Crippen LogP contribution is 2.29. The van der Waals surface area contributed by atoms with Crippen LogP contribution < -0.4 is 9.64 Å². The monoisotopic (exact) mass is 359 g/mol. The molecule has 1 unspecified atom stereocenters. The first-order valence-electron chi connectivity index (χ1n) is 9.47. The van der Waals surface area contributed by atoms with Crippen molar-refractivity contribution in [2.45, 2.75) is 32.7 Å². The van der Waals surface area contributed by atoms with E-state index in [-0.39, 0.29) is 24.4 Å². The molecule has 26 heavy (non-hydrogen) atoms. The topological polar surface area (TPSA) is 53.1 Å². The lowest BCUT2D eigenvalue weighted by Gasteiger charge is -2.39. The second kappa shape index (κ2) is 8.08. The Morgan fingerprint density at radius 2 is 1.85 bits per heavy atom. The summed E-state index contributed by atoms with van der Waals surface area (Å²) in [6.45, 7) is 7.33. The van der Waals surface area contributed by atoms with Crippen molar-refractivity contribution in [3.8, 4) is 5.75 Å². The van der Waals surface area contributed by atoms with Crippen molar-refractivity contribution >= 4 is 17.5 Å². The van der Waals surface area contributed by atoms with Crippen LogP contribution in [0.3, 0.4) is 0 Å². The number of benzene rings is 1. The van der Waals surface area contributed by atoms with Crippen LogP contribution in [0.15, 0.2) is 24.3 Å². The van der Waals surface area contributed by atoms with E-state index in [2.05, 4.69) is 11.8 Å². The third-order valence-corrected chi connectivity index (χ3v) is 5.63. The second-order valence-corrected chi connectivity index (χ2v) is 7.37. The average Bonchev–Trinajstić information content (AvgIpc) is 2.67. The molecule has 2 amide bonds. The molecule has 2 aliphatic rings. The zero-order valence-electron chi connectivity index (χ0n) is 16.0. The van der Waals surface area contributed by atoms with Gasteiger partial charge in [0.05, 0.1) is 18.8 Å². The summed E-state index contributed by atoms with van der Waals surface area (Å²) in [6.07, 6.45) is 2.27. The van der Waals surface area contributed by atoms with Crippen LogP contribution in [-0.4, -0.2) is 67.5 Å². The number of carbonyl (C=O) groups excluding carboxylic acids is 2. The van der Waals surface area contributed by atoms with E-state index in [9.17, 15) is 9.59 Å². The fourth-order valence-corrected chi connectivity index (χ4v) is 3.81. The summed E-state index contributed by atoms with van der Waals surface area (Å²) < 4.78 is 5.37. The Hall–Kier alpha value is -2.08. The molecule has 0 aliphatic carbocycles. The number of likely N-dealkylation sites (tertiary alicyclic amines) is 1. The number of nitrogens with zero attached hydrogens (tertiary/aromatic N) is 3. The predicted octanol–water partition coefficient (Wildman–Crippen LogP) is 1.99. The van der Waals surface area contributed by atoms with E-state index < -0.39 is 0 Å². The number of piperidine rings is 1. The van der Waals surface area contributed by atoms with E-state index >= 15 is 0 Å². The minimum absolute atomic E-state index is 0.0615. The lowest BCUT2D eigenvalue weighted by atomic mass is 9.98. The van der Waals surface area contributed by atoms with Crippen molar-refractivity contribution in [1.29, 1.82) is 0 Å². The van der Waals surface area contributed by atoms with Gasteiger partial charge in [0.25, 0.3) is 0 Å². The van der Waals surface area contributed by atoms with Gasteiger partial charge in [-0.05, 0) is 50.9 Å². The van der Waals surface area contributed by atoms with Gasteiger partial charge in [0.2, 0.25) is 11.8 Å². The first kappa shape index (κ1) is 18.7. The number of piperazine rings is 1. The molecule has 142 valence electrons. The summed E-state index contributed by atoms with van der Waals surface area (Å²) in [5, 5.41) is 0. The zero-order valence-corrected chi connectivity index (χ0v) is 16.0. The van der Waals surface area contributed by atoms with Gasteiger partial charge in [-0.1, -0.05) is 19.1 Å². The van der Waals surface area contributed by atoms with Crippen LogP contribution in [-0.2, 0) is 9.59 Å². The molecule has 2 saturated heterocycles.